The summed E-state index contributed by atoms with van der Waals surface area (Å²) in [5.74, 6) is -2.11. The topological polar surface area (TPSA) is 176 Å². The number of nitrogens with one attached hydrogen (secondary N) is 2. The number of aliphatic hydroxyl groups is 5. The molecule has 0 saturated carbocycles. The van der Waals surface area contributed by atoms with Crippen LogP contribution in [0.3, 0.4) is 0 Å². The molecule has 13 heteroatoms. The fraction of sp³-hybridized carbons (Fsp3) is 0.471. The van der Waals surface area contributed by atoms with Crippen LogP contribution in [-0.4, -0.2) is 87.7 Å². The molecule has 1 aromatic carbocycles. The zero-order valence-corrected chi connectivity index (χ0v) is 22.1. The van der Waals surface area contributed by atoms with Crippen LogP contribution in [0.25, 0.3) is 0 Å². The van der Waals surface area contributed by atoms with Gasteiger partial charge in [-0.15, -0.1) is 0 Å². The molecule has 0 radical (unpaired) electrons. The van der Waals surface area contributed by atoms with E-state index in [-0.39, 0.29) is 33.9 Å². The monoisotopic (exact) mass is 762 g/mol. The largest absolute Gasteiger partial charge is 0.394 e. The van der Waals surface area contributed by atoms with Crippen LogP contribution in [0.4, 0.5) is 0 Å². The normalized spacial score (nSPS) is 13.1. The molecule has 0 fully saturated rings. The third-order valence-corrected chi connectivity index (χ3v) is 7.12. The van der Waals surface area contributed by atoms with Crippen LogP contribution in [0.5, 0.6) is 0 Å². The number of hydrogen-bond acceptors (Lipinski definition) is 8. The fourth-order valence-electron chi connectivity index (χ4n) is 2.26. The highest BCUT2D eigenvalue weighted by Gasteiger charge is 2.32. The summed E-state index contributed by atoms with van der Waals surface area (Å²) < 4.78 is 0.610. The molecule has 0 bridgehead atoms. The molecular formula is C17H21I3N2O8. The molecule has 2 atom stereocenters. The number of amides is 2. The molecule has 2 unspecified atom stereocenters. The summed E-state index contributed by atoms with van der Waals surface area (Å²) in [7, 11) is 0. The SMILES string of the molecule is CC(O)C(=O)c1c(I)c(C(=O)NCC(O)CO)c(I)c(C(=O)NC(CO)CO)c1I. The summed E-state index contributed by atoms with van der Waals surface area (Å²) in [6.07, 6.45) is -2.58. The molecular weight excluding hydrogens is 741 g/mol. The Kier molecular flexibility index (Phi) is 11.8. The van der Waals surface area contributed by atoms with Crippen molar-refractivity contribution in [3.8, 4) is 0 Å². The van der Waals surface area contributed by atoms with E-state index < -0.39 is 55.7 Å². The molecule has 1 aromatic rings. The van der Waals surface area contributed by atoms with E-state index in [1.165, 1.54) is 6.92 Å². The van der Waals surface area contributed by atoms with Crippen LogP contribution >= 0.6 is 67.8 Å². The lowest BCUT2D eigenvalue weighted by molar-refractivity contribution is 0.0776. The number of rotatable bonds is 10. The highest BCUT2D eigenvalue weighted by molar-refractivity contribution is 14.1. The van der Waals surface area contributed by atoms with Crippen LogP contribution in [0.2, 0.25) is 0 Å². The van der Waals surface area contributed by atoms with E-state index in [1.54, 1.807) is 67.8 Å². The average molecular weight is 762 g/mol. The highest BCUT2D eigenvalue weighted by atomic mass is 127. The number of benzene rings is 1. The van der Waals surface area contributed by atoms with E-state index in [0.29, 0.717) is 0 Å². The molecule has 0 saturated heterocycles. The van der Waals surface area contributed by atoms with Crippen LogP contribution in [0.1, 0.15) is 38.0 Å². The lowest BCUT2D eigenvalue weighted by Crippen LogP contribution is -2.41. The van der Waals surface area contributed by atoms with Gasteiger partial charge in [0, 0.05) is 22.8 Å². The van der Waals surface area contributed by atoms with Crippen LogP contribution in [0.15, 0.2) is 0 Å². The number of ketones is 1. The predicted octanol–water partition coefficient (Wildman–Crippen LogP) is -0.770. The number of carbonyl (C=O) groups is 3. The number of Topliss-reactive ketones (excluding diaryl/α,β-unsaturated/α-hetero) is 1. The van der Waals surface area contributed by atoms with Gasteiger partial charge in [-0.1, -0.05) is 0 Å². The van der Waals surface area contributed by atoms with E-state index in [1.807, 2.05) is 0 Å². The van der Waals surface area contributed by atoms with Crippen molar-refractivity contribution < 1.29 is 39.9 Å². The van der Waals surface area contributed by atoms with Gasteiger partial charge in [-0.05, 0) is 74.7 Å². The van der Waals surface area contributed by atoms with Gasteiger partial charge >= 0.3 is 0 Å². The second kappa shape index (κ2) is 12.8. The number of hydrogen-bond donors (Lipinski definition) is 7. The summed E-state index contributed by atoms with van der Waals surface area (Å²) in [5.41, 5.74) is -0.0602. The maximum Gasteiger partial charge on any atom is 0.253 e. The van der Waals surface area contributed by atoms with Crippen LogP contribution < -0.4 is 10.6 Å². The van der Waals surface area contributed by atoms with Gasteiger partial charge in [0.2, 0.25) is 0 Å². The van der Waals surface area contributed by atoms with E-state index >= 15 is 0 Å². The molecule has 0 aromatic heterocycles. The van der Waals surface area contributed by atoms with E-state index in [0.717, 1.165) is 0 Å². The first kappa shape index (κ1) is 27.9. The van der Waals surface area contributed by atoms with Crippen molar-refractivity contribution in [3.05, 3.63) is 27.4 Å². The zero-order valence-electron chi connectivity index (χ0n) is 15.7. The van der Waals surface area contributed by atoms with Gasteiger partial charge < -0.3 is 36.2 Å². The Morgan fingerprint density at radius 1 is 0.833 bits per heavy atom. The summed E-state index contributed by atoms with van der Waals surface area (Å²) in [6.45, 7) is -0.607. The third kappa shape index (κ3) is 6.66. The average Bonchev–Trinajstić information content (AvgIpc) is 2.69. The quantitative estimate of drug-likeness (QED) is 0.120. The Balaban J connectivity index is 3.64. The van der Waals surface area contributed by atoms with Crippen LogP contribution in [0, 0.1) is 10.7 Å². The second-order valence-corrected chi connectivity index (χ2v) is 9.43. The Labute approximate surface area is 213 Å². The predicted molar refractivity (Wildman–Crippen MR) is 131 cm³/mol. The maximum absolute atomic E-state index is 12.8. The minimum absolute atomic E-state index is 0.0135. The first-order valence-corrected chi connectivity index (χ1v) is 11.8. The molecule has 0 aliphatic rings. The van der Waals surface area contributed by atoms with Gasteiger partial charge in [0.05, 0.1) is 43.1 Å². The molecule has 10 nitrogen and oxygen atoms in total. The number of carbonyl (C=O) groups excluding carboxylic acids is 3. The maximum atomic E-state index is 12.8. The molecule has 168 valence electrons. The van der Waals surface area contributed by atoms with Crippen molar-refractivity contribution in [2.75, 3.05) is 26.4 Å². The minimum atomic E-state index is -1.39. The summed E-state index contributed by atoms with van der Waals surface area (Å²) in [4.78, 5) is 38.2. The molecule has 1 rings (SSSR count). The van der Waals surface area contributed by atoms with Crippen molar-refractivity contribution in [3.63, 3.8) is 0 Å². The first-order valence-electron chi connectivity index (χ1n) is 8.54. The van der Waals surface area contributed by atoms with Gasteiger partial charge in [-0.2, -0.15) is 0 Å². The van der Waals surface area contributed by atoms with Crippen molar-refractivity contribution >= 4 is 85.4 Å². The number of aliphatic hydroxyl groups excluding tert-OH is 5. The Morgan fingerprint density at radius 3 is 1.73 bits per heavy atom. The van der Waals surface area contributed by atoms with Crippen LogP contribution in [-0.2, 0) is 0 Å². The van der Waals surface area contributed by atoms with Crippen molar-refractivity contribution in [2.45, 2.75) is 25.2 Å². The van der Waals surface area contributed by atoms with Crippen molar-refractivity contribution in [2.24, 2.45) is 0 Å². The lowest BCUT2D eigenvalue weighted by atomic mass is 9.99. The Morgan fingerprint density at radius 2 is 1.30 bits per heavy atom. The van der Waals surface area contributed by atoms with Crippen molar-refractivity contribution in [1.29, 1.82) is 0 Å². The third-order valence-electron chi connectivity index (χ3n) is 3.88. The molecule has 0 aliphatic heterocycles. The molecule has 0 spiro atoms. The fourth-order valence-corrected chi connectivity index (χ4v) is 6.94. The van der Waals surface area contributed by atoms with Gasteiger partial charge in [0.1, 0.15) is 6.10 Å². The summed E-state index contributed by atoms with van der Waals surface area (Å²) in [6, 6.07) is -0.948. The number of halogens is 3. The van der Waals surface area contributed by atoms with Crippen molar-refractivity contribution in [1.82, 2.24) is 10.6 Å². The van der Waals surface area contributed by atoms with Gasteiger partial charge in [0.25, 0.3) is 11.8 Å². The Bertz CT molecular complexity index is 815. The molecule has 0 heterocycles. The van der Waals surface area contributed by atoms with Gasteiger partial charge in [0.15, 0.2) is 5.78 Å². The lowest BCUT2D eigenvalue weighted by Gasteiger charge is -2.21. The Hall–Kier alpha value is -0.180. The molecule has 7 N–H and O–H groups in total. The molecule has 2 amide bonds. The summed E-state index contributed by atoms with van der Waals surface area (Å²) >= 11 is 5.32. The standard InChI is InChI=1S/C17H21I3N2O8/c1-6(26)15(28)9-12(18)10(16(29)21-2-8(27)5-25)14(20)11(13(9)19)17(30)22-7(3-23)4-24/h6-8,23-27H,2-5H2,1H3,(H,21,29)(H,22,30). The molecule has 30 heavy (non-hydrogen) atoms. The zero-order chi connectivity index (χ0) is 23.2. The van der Waals surface area contributed by atoms with E-state index in [4.69, 9.17) is 5.11 Å². The van der Waals surface area contributed by atoms with Gasteiger partial charge in [-0.25, -0.2) is 0 Å². The van der Waals surface area contributed by atoms with E-state index in [2.05, 4.69) is 10.6 Å². The second-order valence-electron chi connectivity index (χ2n) is 6.19. The first-order chi connectivity index (χ1) is 14.0. The van der Waals surface area contributed by atoms with E-state index in [9.17, 15) is 34.8 Å². The smallest absolute Gasteiger partial charge is 0.253 e. The minimum Gasteiger partial charge on any atom is -0.394 e. The molecule has 0 aliphatic carbocycles. The summed E-state index contributed by atoms with van der Waals surface area (Å²) in [5, 5.41) is 51.5. The highest BCUT2D eigenvalue weighted by Crippen LogP contribution is 2.33. The van der Waals surface area contributed by atoms with Gasteiger partial charge in [-0.3, -0.25) is 14.4 Å².